The monoisotopic (exact) mass is 263 g/mol. The van der Waals surface area contributed by atoms with Gasteiger partial charge in [0, 0.05) is 10.9 Å². The van der Waals surface area contributed by atoms with Crippen LogP contribution in [0.5, 0.6) is 0 Å². The first kappa shape index (κ1) is 10.5. The van der Waals surface area contributed by atoms with Crippen molar-refractivity contribution in [1.82, 2.24) is 10.1 Å². The highest BCUT2D eigenvalue weighted by Gasteiger charge is 2.15. The maximum atomic E-state index is 5.95. The summed E-state index contributed by atoms with van der Waals surface area (Å²) in [7, 11) is 0. The summed E-state index contributed by atoms with van der Waals surface area (Å²) in [6.07, 6.45) is 0. The molecule has 0 atom stereocenters. The SMILES string of the molecule is Cc1csc(-c2nc(-c3ccsc3)no2)c1N. The molecular weight excluding hydrogens is 254 g/mol. The van der Waals surface area contributed by atoms with Crippen LogP contribution in [0.2, 0.25) is 0 Å². The van der Waals surface area contributed by atoms with Crippen LogP contribution >= 0.6 is 22.7 Å². The van der Waals surface area contributed by atoms with Crippen molar-refractivity contribution in [2.75, 3.05) is 5.73 Å². The van der Waals surface area contributed by atoms with Gasteiger partial charge in [0.1, 0.15) is 4.88 Å². The largest absolute Gasteiger partial charge is 0.397 e. The molecule has 0 saturated carbocycles. The molecule has 4 nitrogen and oxygen atoms in total. The lowest BCUT2D eigenvalue weighted by Crippen LogP contribution is -1.87. The zero-order chi connectivity index (χ0) is 11.8. The van der Waals surface area contributed by atoms with Crippen molar-refractivity contribution >= 4 is 28.4 Å². The summed E-state index contributed by atoms with van der Waals surface area (Å²) >= 11 is 3.12. The predicted octanol–water partition coefficient (Wildman–Crippen LogP) is 3.42. The lowest BCUT2D eigenvalue weighted by atomic mass is 10.3. The third-order valence-corrected chi connectivity index (χ3v) is 4.21. The Balaban J connectivity index is 2.04. The van der Waals surface area contributed by atoms with E-state index in [1.807, 2.05) is 29.1 Å². The maximum Gasteiger partial charge on any atom is 0.270 e. The molecular formula is C11H9N3OS2. The molecule has 3 aromatic rings. The fourth-order valence-electron chi connectivity index (χ4n) is 1.44. The van der Waals surface area contributed by atoms with Gasteiger partial charge < -0.3 is 10.3 Å². The molecule has 0 amide bonds. The van der Waals surface area contributed by atoms with Gasteiger partial charge in [0.05, 0.1) is 5.69 Å². The summed E-state index contributed by atoms with van der Waals surface area (Å²) in [5.41, 5.74) is 8.68. The number of thiophene rings is 2. The smallest absolute Gasteiger partial charge is 0.270 e. The molecule has 0 fully saturated rings. The Bertz CT molecular complexity index is 640. The summed E-state index contributed by atoms with van der Waals surface area (Å²) in [4.78, 5) is 5.20. The molecule has 0 radical (unpaired) electrons. The number of nitrogens with zero attached hydrogens (tertiary/aromatic N) is 2. The van der Waals surface area contributed by atoms with Crippen LogP contribution < -0.4 is 5.73 Å². The van der Waals surface area contributed by atoms with Gasteiger partial charge in [0.25, 0.3) is 5.89 Å². The van der Waals surface area contributed by atoms with Crippen LogP contribution in [0.1, 0.15) is 5.56 Å². The van der Waals surface area contributed by atoms with Gasteiger partial charge in [-0.15, -0.1) is 11.3 Å². The quantitative estimate of drug-likeness (QED) is 0.769. The standard InChI is InChI=1S/C11H9N3OS2/c1-6-4-17-9(8(6)12)11-13-10(14-15-11)7-2-3-16-5-7/h2-5H,12H2,1H3. The fourth-order valence-corrected chi connectivity index (χ4v) is 2.97. The van der Waals surface area contributed by atoms with Crippen molar-refractivity contribution in [3.63, 3.8) is 0 Å². The van der Waals surface area contributed by atoms with Crippen LogP contribution in [-0.2, 0) is 0 Å². The van der Waals surface area contributed by atoms with Gasteiger partial charge >= 0.3 is 0 Å². The third-order valence-electron chi connectivity index (χ3n) is 2.42. The first-order valence-corrected chi connectivity index (χ1v) is 6.78. The summed E-state index contributed by atoms with van der Waals surface area (Å²) in [5.74, 6) is 1.09. The fraction of sp³-hybridized carbons (Fsp3) is 0.0909. The number of aryl methyl sites for hydroxylation is 1. The van der Waals surface area contributed by atoms with Crippen LogP contribution in [0.4, 0.5) is 5.69 Å². The van der Waals surface area contributed by atoms with E-state index in [1.54, 1.807) is 11.3 Å². The van der Waals surface area contributed by atoms with Crippen molar-refractivity contribution < 1.29 is 4.52 Å². The summed E-state index contributed by atoms with van der Waals surface area (Å²) in [6, 6.07) is 1.96. The van der Waals surface area contributed by atoms with E-state index in [-0.39, 0.29) is 0 Å². The van der Waals surface area contributed by atoms with Gasteiger partial charge in [-0.3, -0.25) is 0 Å². The Labute approximate surface area is 106 Å². The molecule has 17 heavy (non-hydrogen) atoms. The lowest BCUT2D eigenvalue weighted by Gasteiger charge is -1.91. The van der Waals surface area contributed by atoms with Crippen molar-refractivity contribution in [2.45, 2.75) is 6.92 Å². The van der Waals surface area contributed by atoms with Crippen LogP contribution in [0.25, 0.3) is 22.2 Å². The number of hydrogen-bond donors (Lipinski definition) is 1. The second kappa shape index (κ2) is 3.97. The van der Waals surface area contributed by atoms with E-state index < -0.39 is 0 Å². The number of hydrogen-bond acceptors (Lipinski definition) is 6. The molecule has 0 aliphatic rings. The Hall–Kier alpha value is -1.66. The minimum atomic E-state index is 0.488. The van der Waals surface area contributed by atoms with Gasteiger partial charge in [-0.25, -0.2) is 0 Å². The van der Waals surface area contributed by atoms with E-state index in [0.717, 1.165) is 21.7 Å². The van der Waals surface area contributed by atoms with Crippen LogP contribution in [0.15, 0.2) is 26.7 Å². The molecule has 0 aliphatic carbocycles. The van der Waals surface area contributed by atoms with Crippen molar-refractivity contribution in [2.24, 2.45) is 0 Å². The highest BCUT2D eigenvalue weighted by atomic mass is 32.1. The maximum absolute atomic E-state index is 5.95. The second-order valence-corrected chi connectivity index (χ2v) is 5.26. The van der Waals surface area contributed by atoms with E-state index >= 15 is 0 Å². The second-order valence-electron chi connectivity index (χ2n) is 3.60. The average Bonchev–Trinajstić information content (AvgIpc) is 3.01. The number of rotatable bonds is 2. The summed E-state index contributed by atoms with van der Waals surface area (Å²) in [6.45, 7) is 1.96. The number of nitrogen functional groups attached to an aromatic ring is 1. The first-order chi connectivity index (χ1) is 8.25. The highest BCUT2D eigenvalue weighted by Crippen LogP contribution is 2.34. The molecule has 0 spiro atoms. The summed E-state index contributed by atoms with van der Waals surface area (Å²) in [5, 5.41) is 9.91. The van der Waals surface area contributed by atoms with Crippen LogP contribution in [0.3, 0.4) is 0 Å². The molecule has 0 aliphatic heterocycles. The van der Waals surface area contributed by atoms with Gasteiger partial charge in [-0.1, -0.05) is 5.16 Å². The Kier molecular flexibility index (Phi) is 2.45. The molecule has 3 rings (SSSR count). The van der Waals surface area contributed by atoms with Gasteiger partial charge in [0.2, 0.25) is 5.82 Å². The molecule has 0 saturated heterocycles. The molecule has 2 N–H and O–H groups in total. The molecule has 6 heteroatoms. The summed E-state index contributed by atoms with van der Waals surface area (Å²) < 4.78 is 5.24. The molecule has 0 aromatic carbocycles. The third kappa shape index (κ3) is 1.75. The Morgan fingerprint density at radius 3 is 2.88 bits per heavy atom. The van der Waals surface area contributed by atoms with Crippen molar-refractivity contribution in [3.05, 3.63) is 27.8 Å². The average molecular weight is 263 g/mol. The molecule has 3 aromatic heterocycles. The number of nitrogens with two attached hydrogens (primary N) is 1. The number of anilines is 1. The van der Waals surface area contributed by atoms with Gasteiger partial charge in [-0.05, 0) is 29.3 Å². The van der Waals surface area contributed by atoms with Crippen LogP contribution in [0, 0.1) is 6.92 Å². The zero-order valence-electron chi connectivity index (χ0n) is 9.01. The molecule has 3 heterocycles. The van der Waals surface area contributed by atoms with Crippen molar-refractivity contribution in [3.8, 4) is 22.2 Å². The van der Waals surface area contributed by atoms with Gasteiger partial charge in [-0.2, -0.15) is 16.3 Å². The van der Waals surface area contributed by atoms with E-state index in [2.05, 4.69) is 10.1 Å². The first-order valence-electron chi connectivity index (χ1n) is 4.96. The molecule has 86 valence electrons. The lowest BCUT2D eigenvalue weighted by molar-refractivity contribution is 0.433. The topological polar surface area (TPSA) is 64.9 Å². The molecule has 0 bridgehead atoms. The Morgan fingerprint density at radius 2 is 2.24 bits per heavy atom. The highest BCUT2D eigenvalue weighted by molar-refractivity contribution is 7.14. The van der Waals surface area contributed by atoms with E-state index in [4.69, 9.17) is 10.3 Å². The zero-order valence-corrected chi connectivity index (χ0v) is 10.6. The number of aromatic nitrogens is 2. The van der Waals surface area contributed by atoms with E-state index in [9.17, 15) is 0 Å². The minimum absolute atomic E-state index is 0.488. The van der Waals surface area contributed by atoms with E-state index in [1.165, 1.54) is 11.3 Å². The van der Waals surface area contributed by atoms with Crippen molar-refractivity contribution in [1.29, 1.82) is 0 Å². The Morgan fingerprint density at radius 1 is 1.35 bits per heavy atom. The van der Waals surface area contributed by atoms with E-state index in [0.29, 0.717) is 11.7 Å². The predicted molar refractivity (Wildman–Crippen MR) is 70.1 cm³/mol. The van der Waals surface area contributed by atoms with Crippen LogP contribution in [-0.4, -0.2) is 10.1 Å². The van der Waals surface area contributed by atoms with Gasteiger partial charge in [0.15, 0.2) is 0 Å². The normalized spacial score (nSPS) is 10.9. The minimum Gasteiger partial charge on any atom is -0.397 e. The molecule has 0 unspecified atom stereocenters.